The predicted octanol–water partition coefficient (Wildman–Crippen LogP) is 0.794. The number of nitrogens with zero attached hydrogens (tertiary/aromatic N) is 2. The number of benzene rings is 2. The van der Waals surface area contributed by atoms with Crippen LogP contribution in [0.25, 0.3) is 0 Å². The van der Waals surface area contributed by atoms with Crippen LogP contribution >= 0.6 is 0 Å². The molecule has 0 bridgehead atoms. The Morgan fingerprint density at radius 2 is 1.94 bits per heavy atom. The third-order valence-electron chi connectivity index (χ3n) is 6.94. The predicted molar refractivity (Wildman–Crippen MR) is 121 cm³/mol. The van der Waals surface area contributed by atoms with E-state index in [1.165, 1.54) is 19.2 Å². The van der Waals surface area contributed by atoms with E-state index in [0.29, 0.717) is 11.3 Å². The monoisotopic (exact) mass is 479 g/mol. The average molecular weight is 479 g/mol. The molecule has 1 spiro atoms. The highest BCUT2D eigenvalue weighted by Gasteiger charge is 2.70. The number of carbonyl (C=O) groups excluding carboxylic acids is 4. The van der Waals surface area contributed by atoms with Crippen molar-refractivity contribution < 1.29 is 28.8 Å². The van der Waals surface area contributed by atoms with E-state index in [4.69, 9.17) is 10.5 Å². The standard InChI is InChI=1S/C23H21N5O7/c1-35-16-10-11(28(33)34)6-8-15(16)27-20(30)18-14(7-9-17(24)29)26-23(19(18)21(27)31)12-4-2-3-5-13(12)25-22(23)32/h2-6,8,10,14,18-19,26H,7,9H2,1H3,(H2,24,29)(H,25,32)/t14-,18+,19+,23+/m0/s1. The molecule has 2 aromatic rings. The van der Waals surface area contributed by atoms with E-state index in [1.54, 1.807) is 24.3 Å². The number of hydrogen-bond donors (Lipinski definition) is 3. The number of non-ortho nitro benzene ring substituents is 1. The topological polar surface area (TPSA) is 174 Å². The molecule has 3 aliphatic heterocycles. The number of imide groups is 1. The molecule has 0 unspecified atom stereocenters. The number of nitro groups is 1. The maximum atomic E-state index is 13.9. The molecule has 4 N–H and O–H groups in total. The maximum Gasteiger partial charge on any atom is 0.273 e. The van der Waals surface area contributed by atoms with Crippen LogP contribution in [0.5, 0.6) is 5.75 Å². The lowest BCUT2D eigenvalue weighted by Gasteiger charge is -2.29. The zero-order chi connectivity index (χ0) is 25.1. The first kappa shape index (κ1) is 22.5. The Kier molecular flexibility index (Phi) is 5.06. The number of methoxy groups -OCH3 is 1. The summed E-state index contributed by atoms with van der Waals surface area (Å²) in [5, 5.41) is 17.2. The van der Waals surface area contributed by atoms with Crippen LogP contribution in [0.15, 0.2) is 42.5 Å². The third-order valence-corrected chi connectivity index (χ3v) is 6.94. The molecular formula is C23H21N5O7. The average Bonchev–Trinajstić information content (AvgIpc) is 3.41. The SMILES string of the molecule is COc1cc([N+](=O)[O-])ccc1N1C(=O)[C@@H]2[C@H](CCC(N)=O)N[C@@]3(C(=O)Nc4ccccc43)[C@H]2C1=O. The smallest absolute Gasteiger partial charge is 0.273 e. The second-order valence-electron chi connectivity index (χ2n) is 8.69. The van der Waals surface area contributed by atoms with E-state index >= 15 is 0 Å². The highest BCUT2D eigenvalue weighted by molar-refractivity contribution is 6.26. The number of fused-ring (bicyclic) bond motifs is 4. The Hall–Kier alpha value is -4.32. The molecule has 0 radical (unpaired) electrons. The molecule has 2 fully saturated rings. The van der Waals surface area contributed by atoms with Gasteiger partial charge in [0.15, 0.2) is 0 Å². The fourth-order valence-electron chi connectivity index (χ4n) is 5.51. The number of para-hydroxylation sites is 1. The fraction of sp³-hybridized carbons (Fsp3) is 0.304. The summed E-state index contributed by atoms with van der Waals surface area (Å²) in [4.78, 5) is 64.0. The minimum Gasteiger partial charge on any atom is -0.494 e. The first-order chi connectivity index (χ1) is 16.7. The lowest BCUT2D eigenvalue weighted by Crippen LogP contribution is -2.53. The van der Waals surface area contributed by atoms with Crippen molar-refractivity contribution in [3.05, 3.63) is 58.1 Å². The van der Waals surface area contributed by atoms with E-state index in [9.17, 15) is 29.3 Å². The van der Waals surface area contributed by atoms with Gasteiger partial charge >= 0.3 is 0 Å². The van der Waals surface area contributed by atoms with Gasteiger partial charge in [0.2, 0.25) is 23.6 Å². The van der Waals surface area contributed by atoms with Gasteiger partial charge in [0, 0.05) is 29.8 Å². The number of rotatable bonds is 6. The van der Waals surface area contributed by atoms with Gasteiger partial charge in [-0.15, -0.1) is 0 Å². The molecule has 4 amide bonds. The van der Waals surface area contributed by atoms with Crippen LogP contribution in [0.4, 0.5) is 17.1 Å². The molecule has 180 valence electrons. The molecule has 0 aromatic heterocycles. The van der Waals surface area contributed by atoms with Gasteiger partial charge in [-0.2, -0.15) is 0 Å². The van der Waals surface area contributed by atoms with Crippen LogP contribution in [0.1, 0.15) is 18.4 Å². The summed E-state index contributed by atoms with van der Waals surface area (Å²) in [6.07, 6.45) is 0.0838. The van der Waals surface area contributed by atoms with Crippen molar-refractivity contribution >= 4 is 40.7 Å². The molecular weight excluding hydrogens is 458 g/mol. The maximum absolute atomic E-state index is 13.9. The Labute approximate surface area is 198 Å². The number of nitrogens with one attached hydrogen (secondary N) is 2. The number of ether oxygens (including phenoxy) is 1. The normalized spacial score (nSPS) is 26.6. The fourth-order valence-corrected chi connectivity index (χ4v) is 5.51. The molecule has 0 aliphatic carbocycles. The number of nitro benzene ring substituents is 1. The molecule has 12 heteroatoms. The van der Waals surface area contributed by atoms with Crippen molar-refractivity contribution in [1.82, 2.24) is 5.32 Å². The van der Waals surface area contributed by atoms with Crippen molar-refractivity contribution in [1.29, 1.82) is 0 Å². The lowest BCUT2D eigenvalue weighted by atomic mass is 9.76. The zero-order valence-electron chi connectivity index (χ0n) is 18.5. The molecule has 5 rings (SSSR count). The molecule has 35 heavy (non-hydrogen) atoms. The number of carbonyl (C=O) groups is 4. The number of nitrogens with two attached hydrogens (primary N) is 1. The summed E-state index contributed by atoms with van der Waals surface area (Å²) >= 11 is 0. The van der Waals surface area contributed by atoms with Crippen molar-refractivity contribution in [3.63, 3.8) is 0 Å². The van der Waals surface area contributed by atoms with E-state index in [-0.39, 0.29) is 30.0 Å². The van der Waals surface area contributed by atoms with Crippen LogP contribution in [0, 0.1) is 22.0 Å². The number of primary amides is 1. The number of hydrogen-bond acceptors (Lipinski definition) is 8. The minimum absolute atomic E-state index is 0.0344. The summed E-state index contributed by atoms with van der Waals surface area (Å²) in [5.41, 5.74) is 4.62. The van der Waals surface area contributed by atoms with Crippen LogP contribution in [-0.2, 0) is 24.7 Å². The van der Waals surface area contributed by atoms with E-state index in [1.807, 2.05) is 0 Å². The molecule has 2 aromatic carbocycles. The Bertz CT molecular complexity index is 1310. The highest BCUT2D eigenvalue weighted by atomic mass is 16.6. The molecule has 2 saturated heterocycles. The van der Waals surface area contributed by atoms with Crippen molar-refractivity contribution in [2.45, 2.75) is 24.4 Å². The van der Waals surface area contributed by atoms with Gasteiger partial charge in [0.05, 0.1) is 35.6 Å². The Balaban J connectivity index is 1.64. The van der Waals surface area contributed by atoms with Crippen molar-refractivity contribution in [2.75, 3.05) is 17.3 Å². The summed E-state index contributed by atoms with van der Waals surface area (Å²) < 4.78 is 5.26. The number of amides is 4. The molecule has 0 saturated carbocycles. The molecule has 3 heterocycles. The quantitative estimate of drug-likeness (QED) is 0.310. The van der Waals surface area contributed by atoms with Gasteiger partial charge in [-0.3, -0.25) is 34.6 Å². The third kappa shape index (κ3) is 3.10. The van der Waals surface area contributed by atoms with Gasteiger partial charge < -0.3 is 15.8 Å². The van der Waals surface area contributed by atoms with Crippen LogP contribution < -0.4 is 26.0 Å². The highest BCUT2D eigenvalue weighted by Crippen LogP contribution is 2.54. The second-order valence-corrected chi connectivity index (χ2v) is 8.69. The van der Waals surface area contributed by atoms with Gasteiger partial charge in [-0.25, -0.2) is 4.90 Å². The molecule has 3 aliphatic rings. The van der Waals surface area contributed by atoms with Crippen molar-refractivity contribution in [2.24, 2.45) is 17.6 Å². The number of anilines is 2. The van der Waals surface area contributed by atoms with Gasteiger partial charge in [0.1, 0.15) is 11.3 Å². The first-order valence-corrected chi connectivity index (χ1v) is 10.9. The second kappa shape index (κ2) is 7.87. The minimum atomic E-state index is -1.53. The van der Waals surface area contributed by atoms with Gasteiger partial charge in [0.25, 0.3) is 5.69 Å². The van der Waals surface area contributed by atoms with Gasteiger partial charge in [-0.1, -0.05) is 18.2 Å². The van der Waals surface area contributed by atoms with Crippen molar-refractivity contribution in [3.8, 4) is 5.75 Å². The van der Waals surface area contributed by atoms with Crippen LogP contribution in [0.2, 0.25) is 0 Å². The largest absolute Gasteiger partial charge is 0.494 e. The zero-order valence-corrected chi connectivity index (χ0v) is 18.5. The summed E-state index contributed by atoms with van der Waals surface area (Å²) in [7, 11) is 1.27. The first-order valence-electron chi connectivity index (χ1n) is 10.9. The molecule has 12 nitrogen and oxygen atoms in total. The Morgan fingerprint density at radius 3 is 2.63 bits per heavy atom. The summed E-state index contributed by atoms with van der Waals surface area (Å²) in [5.74, 6) is -4.42. The van der Waals surface area contributed by atoms with E-state index < -0.39 is 52.0 Å². The Morgan fingerprint density at radius 1 is 1.20 bits per heavy atom. The summed E-state index contributed by atoms with van der Waals surface area (Å²) in [6, 6.07) is 9.75. The van der Waals surface area contributed by atoms with Gasteiger partial charge in [-0.05, 0) is 18.6 Å². The molecule has 4 atom stereocenters. The van der Waals surface area contributed by atoms with E-state index in [2.05, 4.69) is 10.6 Å². The summed E-state index contributed by atoms with van der Waals surface area (Å²) in [6.45, 7) is 0. The van der Waals surface area contributed by atoms with E-state index in [0.717, 1.165) is 11.0 Å². The lowest BCUT2D eigenvalue weighted by molar-refractivity contribution is -0.384. The van der Waals surface area contributed by atoms with Crippen LogP contribution in [-0.4, -0.2) is 41.7 Å². The van der Waals surface area contributed by atoms with Crippen LogP contribution in [0.3, 0.4) is 0 Å².